The van der Waals surface area contributed by atoms with Crippen LogP contribution in [0.2, 0.25) is 0 Å². The van der Waals surface area contributed by atoms with Crippen LogP contribution in [0.3, 0.4) is 0 Å². The molecule has 0 saturated heterocycles. The summed E-state index contributed by atoms with van der Waals surface area (Å²) < 4.78 is 12.5. The number of aromatic amines is 1. The predicted octanol–water partition coefficient (Wildman–Crippen LogP) is 6.92. The van der Waals surface area contributed by atoms with Crippen molar-refractivity contribution < 1.29 is 68.6 Å². The summed E-state index contributed by atoms with van der Waals surface area (Å²) >= 11 is 0. The van der Waals surface area contributed by atoms with Crippen LogP contribution in [0.1, 0.15) is 88.9 Å². The summed E-state index contributed by atoms with van der Waals surface area (Å²) in [5, 5.41) is 72.2. The second kappa shape index (κ2) is 24.4. The molecule has 87 heavy (non-hydrogen) atoms. The number of carboxylic acids is 1. The molecule has 0 spiro atoms. The molecule has 22 nitrogen and oxygen atoms in total. The summed E-state index contributed by atoms with van der Waals surface area (Å²) in [5.41, 5.74) is 2.92. The van der Waals surface area contributed by atoms with E-state index in [0.717, 1.165) is 11.3 Å². The molecule has 6 aliphatic heterocycles. The number of carbonyl (C=O) groups excluding carboxylic acids is 6. The first-order valence-electron chi connectivity index (χ1n) is 28.1. The zero-order chi connectivity index (χ0) is 61.2. The molecule has 1 aromatic heterocycles. The lowest BCUT2D eigenvalue weighted by Gasteiger charge is -2.33. The van der Waals surface area contributed by atoms with Crippen LogP contribution in [-0.2, 0) is 46.4 Å². The molecule has 0 fully saturated rings. The molecular formula is C65H60N8O14. The molecule has 12 N–H and O–H groups in total. The number of aromatic nitrogens is 1. The van der Waals surface area contributed by atoms with Gasteiger partial charge in [-0.1, -0.05) is 80.1 Å². The standard InChI is InChI=1S/C65H60N8O14/c1-3-4-25-66-53(34-7-15-41(74)16-8-34)61(80)68-48-29-40-32-67-47-28-37(13-23-45(40)47)46-27-39-31-52(58(46)77)87-43-19-5-33(6-20-43)26-49-60(79)72-57(65(84)85)38-14-24-50(76)51(30-38)86-44-21-11-36(12-22-44)56(64(83)73(49)2)71-63(82)55(39)70-62(81)54(69-59(48)78)35-9-17-42(75)18-10-35/h5-24,27-28,30-32,48-49,53-57,66-67,74-77H,3-4,25-26,29H2,1-2H3,(H,68,80)(H,69,78)(H,70,81)(H,71,82)(H,72,79)(H,84,85)/t48-,49+,53?,54-,55-,56-,57-/m1/s1. The Balaban J connectivity index is 1.07. The Morgan fingerprint density at radius 1 is 0.632 bits per heavy atom. The molecule has 1 unspecified atom stereocenters. The third kappa shape index (κ3) is 12.2. The van der Waals surface area contributed by atoms with Crippen molar-refractivity contribution in [1.29, 1.82) is 0 Å². The molecule has 444 valence electrons. The highest BCUT2D eigenvalue weighted by Gasteiger charge is 2.40. The Morgan fingerprint density at radius 3 is 1.92 bits per heavy atom. The molecular weight excluding hydrogens is 1120 g/mol. The van der Waals surface area contributed by atoms with Crippen molar-refractivity contribution in [2.24, 2.45) is 0 Å². The molecule has 0 radical (unpaired) electrons. The number of phenolic OH excluding ortho intramolecular Hbond substituents is 4. The molecule has 7 aromatic carbocycles. The SMILES string of the molecule is CCCCNC(C(=O)N[C@@H]1Cc2c[nH]c3cc(ccc23)-c2cc3cc(c2O)Oc2ccc(cc2)C[C@H]2C(=O)N[C@@H](C(=O)O)c4ccc(O)c(c4)Oc4ccc(cc4)[C@@H](NC(=O)[C@@H]3NC(=O)[C@@H](c3ccc(O)cc3)NC1=O)C(=O)N2C)c1ccc(O)cc1. The summed E-state index contributed by atoms with van der Waals surface area (Å²) in [4.78, 5) is 109. The fourth-order valence-electron chi connectivity index (χ4n) is 11.0. The van der Waals surface area contributed by atoms with E-state index < -0.39 is 83.7 Å². The molecule has 22 heteroatoms. The minimum absolute atomic E-state index is 0.0104. The lowest BCUT2D eigenvalue weighted by molar-refractivity contribution is -0.145. The monoisotopic (exact) mass is 1180 g/mol. The number of hydrogen-bond acceptors (Lipinski definition) is 14. The minimum atomic E-state index is -1.85. The number of carboxylic acid groups (broad SMARTS) is 1. The number of nitrogens with one attached hydrogen (secondary N) is 7. The van der Waals surface area contributed by atoms with Crippen LogP contribution in [0.25, 0.3) is 22.0 Å². The van der Waals surface area contributed by atoms with E-state index in [1.54, 1.807) is 60.8 Å². The molecule has 0 aliphatic carbocycles. The Morgan fingerprint density at radius 2 is 1.23 bits per heavy atom. The molecule has 14 rings (SSSR count). The number of H-pyrrole nitrogens is 1. The largest absolute Gasteiger partial charge is 0.508 e. The van der Waals surface area contributed by atoms with Crippen LogP contribution in [0.4, 0.5) is 0 Å². The predicted molar refractivity (Wildman–Crippen MR) is 315 cm³/mol. The van der Waals surface area contributed by atoms with Crippen molar-refractivity contribution in [2.45, 2.75) is 74.9 Å². The number of nitrogens with zero attached hydrogens (tertiary/aromatic N) is 1. The lowest BCUT2D eigenvalue weighted by atomic mass is 9.94. The van der Waals surface area contributed by atoms with Gasteiger partial charge in [-0.15, -0.1) is 0 Å². The Labute approximate surface area is 497 Å². The zero-order valence-corrected chi connectivity index (χ0v) is 46.9. The number of ether oxygens (including phenoxy) is 2. The number of fused-ring (bicyclic) bond motifs is 14. The smallest absolute Gasteiger partial charge is 0.330 e. The van der Waals surface area contributed by atoms with E-state index in [4.69, 9.17) is 9.47 Å². The summed E-state index contributed by atoms with van der Waals surface area (Å²) in [5.74, 6) is -7.75. The summed E-state index contributed by atoms with van der Waals surface area (Å²) in [6.45, 7) is 2.42. The third-order valence-corrected chi connectivity index (χ3v) is 15.8. The number of aromatic hydroxyl groups is 4. The van der Waals surface area contributed by atoms with Gasteiger partial charge in [-0.05, 0) is 136 Å². The van der Waals surface area contributed by atoms with Gasteiger partial charge in [0, 0.05) is 42.6 Å². The topological polar surface area (TPSA) is 330 Å². The van der Waals surface area contributed by atoms with Gasteiger partial charge in [0.1, 0.15) is 59.2 Å². The first-order valence-corrected chi connectivity index (χ1v) is 28.1. The lowest BCUT2D eigenvalue weighted by Crippen LogP contribution is -2.55. The number of phenols is 4. The van der Waals surface area contributed by atoms with E-state index in [9.17, 15) is 39.9 Å². The number of benzene rings is 7. The van der Waals surface area contributed by atoms with Gasteiger partial charge in [0.15, 0.2) is 29.0 Å². The van der Waals surface area contributed by atoms with Crippen LogP contribution in [0.5, 0.6) is 46.0 Å². The maximum Gasteiger partial charge on any atom is 0.330 e. The Hall–Kier alpha value is -10.9. The molecule has 0 saturated carbocycles. The number of hydrogen-bond donors (Lipinski definition) is 12. The van der Waals surface area contributed by atoms with Gasteiger partial charge >= 0.3 is 5.97 Å². The van der Waals surface area contributed by atoms with Crippen molar-refractivity contribution in [3.63, 3.8) is 0 Å². The van der Waals surface area contributed by atoms with Crippen molar-refractivity contribution in [3.8, 4) is 57.1 Å². The number of likely N-dealkylation sites (N-methyl/N-ethyl adjacent to an activating group) is 1. The van der Waals surface area contributed by atoms with Crippen LogP contribution in [-0.4, -0.2) is 103 Å². The summed E-state index contributed by atoms with van der Waals surface area (Å²) in [7, 11) is 1.32. The van der Waals surface area contributed by atoms with Gasteiger partial charge in [-0.25, -0.2) is 4.79 Å². The fourth-order valence-corrected chi connectivity index (χ4v) is 11.0. The van der Waals surface area contributed by atoms with Gasteiger partial charge < -0.3 is 76.8 Å². The first-order chi connectivity index (χ1) is 41.9. The summed E-state index contributed by atoms with van der Waals surface area (Å²) in [6.07, 6.45) is 2.86. The van der Waals surface area contributed by atoms with Crippen molar-refractivity contribution in [2.75, 3.05) is 13.6 Å². The minimum Gasteiger partial charge on any atom is -0.508 e. The Kier molecular flexibility index (Phi) is 16.2. The van der Waals surface area contributed by atoms with Crippen LogP contribution in [0, 0.1) is 0 Å². The van der Waals surface area contributed by atoms with Gasteiger partial charge in [0.05, 0.1) is 0 Å². The average Bonchev–Trinajstić information content (AvgIpc) is 3.34. The number of amides is 6. The number of rotatable bonds is 9. The molecule has 6 amide bonds. The van der Waals surface area contributed by atoms with Gasteiger partial charge in [0.25, 0.3) is 0 Å². The van der Waals surface area contributed by atoms with Gasteiger partial charge in [-0.3, -0.25) is 28.8 Å². The summed E-state index contributed by atoms with van der Waals surface area (Å²) in [6, 6.07) is 24.6. The van der Waals surface area contributed by atoms with E-state index in [2.05, 4.69) is 36.9 Å². The second-order valence-corrected chi connectivity index (χ2v) is 21.6. The fraction of sp³-hybridized carbons (Fsp3) is 0.215. The molecule has 8 aromatic rings. The zero-order valence-electron chi connectivity index (χ0n) is 46.9. The van der Waals surface area contributed by atoms with Crippen molar-refractivity contribution >= 4 is 52.3 Å². The first kappa shape index (κ1) is 57.9. The average molecular weight is 1180 g/mol. The van der Waals surface area contributed by atoms with Crippen LogP contribution >= 0.6 is 0 Å². The quantitative estimate of drug-likeness (QED) is 0.0652. The second-order valence-electron chi connectivity index (χ2n) is 21.6. The Bertz CT molecular complexity index is 3980. The van der Waals surface area contributed by atoms with E-state index in [0.29, 0.717) is 46.1 Å². The van der Waals surface area contributed by atoms with Crippen molar-refractivity contribution in [1.82, 2.24) is 41.8 Å². The van der Waals surface area contributed by atoms with E-state index in [1.165, 1.54) is 98.0 Å². The number of aliphatic carboxylic acids is 1. The highest BCUT2D eigenvalue weighted by molar-refractivity contribution is 6.00. The van der Waals surface area contributed by atoms with Crippen LogP contribution < -0.4 is 41.4 Å². The molecule has 7 heterocycles. The maximum atomic E-state index is 15.8. The van der Waals surface area contributed by atoms with Gasteiger partial charge in [0.2, 0.25) is 35.4 Å². The van der Waals surface area contributed by atoms with Crippen molar-refractivity contribution in [3.05, 3.63) is 191 Å². The molecule has 6 aliphatic rings. The third-order valence-electron chi connectivity index (χ3n) is 15.8. The molecule has 15 bridgehead atoms. The van der Waals surface area contributed by atoms with Crippen LogP contribution in [0.15, 0.2) is 152 Å². The number of unbranched alkanes of at least 4 members (excludes halogenated alkanes) is 1. The normalized spacial score (nSPS) is 19.9. The maximum absolute atomic E-state index is 15.8. The van der Waals surface area contributed by atoms with Gasteiger partial charge in [-0.2, -0.15) is 0 Å². The highest BCUT2D eigenvalue weighted by atomic mass is 16.5. The highest BCUT2D eigenvalue weighted by Crippen LogP contribution is 2.44. The van der Waals surface area contributed by atoms with E-state index >= 15 is 19.2 Å². The number of carbonyl (C=O) groups is 7. The molecule has 7 atom stereocenters. The van der Waals surface area contributed by atoms with E-state index in [-0.39, 0.29) is 86.7 Å². The van der Waals surface area contributed by atoms with E-state index in [1.807, 2.05) is 6.92 Å².